The summed E-state index contributed by atoms with van der Waals surface area (Å²) in [5.41, 5.74) is 6.07. The molecule has 1 heterocycles. The van der Waals surface area contributed by atoms with Crippen molar-refractivity contribution in [2.45, 2.75) is 19.8 Å². The van der Waals surface area contributed by atoms with Crippen molar-refractivity contribution < 1.29 is 14.7 Å². The molecule has 0 saturated heterocycles. The summed E-state index contributed by atoms with van der Waals surface area (Å²) in [5.74, 6) is -1.48. The lowest BCUT2D eigenvalue weighted by Crippen LogP contribution is -2.28. The molecular weight excluding hydrogens is 242 g/mol. The standard InChI is InChI=1S/C10H15N3O3S/c1-6(9(15)16)2-3-12-8(14)4-7-5-17-10(11)13-7/h5-6H,2-4H2,1H3,(H2,11,13)(H,12,14)(H,15,16). The molecule has 17 heavy (non-hydrogen) atoms. The highest BCUT2D eigenvalue weighted by Gasteiger charge is 2.11. The van der Waals surface area contributed by atoms with Crippen LogP contribution in [0.2, 0.25) is 0 Å². The van der Waals surface area contributed by atoms with Crippen molar-refractivity contribution in [2.75, 3.05) is 12.3 Å². The summed E-state index contributed by atoms with van der Waals surface area (Å²) in [6.45, 7) is 1.96. The smallest absolute Gasteiger partial charge is 0.306 e. The van der Waals surface area contributed by atoms with E-state index in [0.717, 1.165) is 0 Å². The SMILES string of the molecule is CC(CCNC(=O)Cc1csc(N)n1)C(=O)O. The zero-order valence-corrected chi connectivity index (χ0v) is 10.3. The van der Waals surface area contributed by atoms with Gasteiger partial charge in [-0.05, 0) is 6.42 Å². The fraction of sp³-hybridized carbons (Fsp3) is 0.500. The second-order valence-corrected chi connectivity index (χ2v) is 4.62. The second-order valence-electron chi connectivity index (χ2n) is 3.73. The van der Waals surface area contributed by atoms with Crippen LogP contribution in [0.15, 0.2) is 5.38 Å². The van der Waals surface area contributed by atoms with Crippen LogP contribution in [0.5, 0.6) is 0 Å². The van der Waals surface area contributed by atoms with Gasteiger partial charge < -0.3 is 16.2 Å². The van der Waals surface area contributed by atoms with Crippen LogP contribution in [-0.4, -0.2) is 28.5 Å². The molecule has 94 valence electrons. The number of thiazole rings is 1. The summed E-state index contributed by atoms with van der Waals surface area (Å²) >= 11 is 1.29. The molecule has 1 amide bonds. The van der Waals surface area contributed by atoms with Gasteiger partial charge >= 0.3 is 5.97 Å². The Kier molecular flexibility index (Phi) is 4.89. The summed E-state index contributed by atoms with van der Waals surface area (Å²) in [6, 6.07) is 0. The quantitative estimate of drug-likeness (QED) is 0.688. The Morgan fingerprint density at radius 1 is 1.65 bits per heavy atom. The van der Waals surface area contributed by atoms with Crippen LogP contribution in [0.25, 0.3) is 0 Å². The number of hydrogen-bond donors (Lipinski definition) is 3. The maximum atomic E-state index is 11.4. The summed E-state index contributed by atoms with van der Waals surface area (Å²) in [4.78, 5) is 25.9. The third-order valence-corrected chi connectivity index (χ3v) is 2.95. The van der Waals surface area contributed by atoms with Gasteiger partial charge in [-0.1, -0.05) is 6.92 Å². The first-order valence-corrected chi connectivity index (χ1v) is 6.06. The summed E-state index contributed by atoms with van der Waals surface area (Å²) in [5, 5.41) is 13.5. The van der Waals surface area contributed by atoms with Gasteiger partial charge in [0.15, 0.2) is 5.13 Å². The van der Waals surface area contributed by atoms with Crippen LogP contribution in [0.3, 0.4) is 0 Å². The third-order valence-electron chi connectivity index (χ3n) is 2.23. The molecule has 1 aromatic rings. The lowest BCUT2D eigenvalue weighted by Gasteiger charge is -2.07. The van der Waals surface area contributed by atoms with E-state index in [1.165, 1.54) is 11.3 Å². The maximum absolute atomic E-state index is 11.4. The van der Waals surface area contributed by atoms with Crippen molar-refractivity contribution in [3.63, 3.8) is 0 Å². The first-order valence-electron chi connectivity index (χ1n) is 5.18. The van der Waals surface area contributed by atoms with Crippen molar-refractivity contribution in [3.8, 4) is 0 Å². The van der Waals surface area contributed by atoms with Gasteiger partial charge in [-0.25, -0.2) is 4.98 Å². The van der Waals surface area contributed by atoms with Crippen LogP contribution in [0.4, 0.5) is 5.13 Å². The Hall–Kier alpha value is -1.63. The van der Waals surface area contributed by atoms with Crippen molar-refractivity contribution in [1.29, 1.82) is 0 Å². The Morgan fingerprint density at radius 2 is 2.35 bits per heavy atom. The molecule has 0 aliphatic carbocycles. The number of hydrogen-bond acceptors (Lipinski definition) is 5. The van der Waals surface area contributed by atoms with E-state index in [-0.39, 0.29) is 12.3 Å². The van der Waals surface area contributed by atoms with Gasteiger partial charge in [-0.3, -0.25) is 9.59 Å². The largest absolute Gasteiger partial charge is 0.481 e. The maximum Gasteiger partial charge on any atom is 0.306 e. The summed E-state index contributed by atoms with van der Waals surface area (Å²) < 4.78 is 0. The Labute approximate surface area is 103 Å². The van der Waals surface area contributed by atoms with Gasteiger partial charge in [-0.15, -0.1) is 11.3 Å². The van der Waals surface area contributed by atoms with E-state index in [9.17, 15) is 9.59 Å². The molecule has 0 aliphatic rings. The molecule has 7 heteroatoms. The van der Waals surface area contributed by atoms with Crippen LogP contribution >= 0.6 is 11.3 Å². The number of carbonyl (C=O) groups excluding carboxylic acids is 1. The van der Waals surface area contributed by atoms with Crippen molar-refractivity contribution in [1.82, 2.24) is 10.3 Å². The molecule has 1 rings (SSSR count). The molecule has 1 unspecified atom stereocenters. The van der Waals surface area contributed by atoms with E-state index in [1.54, 1.807) is 12.3 Å². The highest BCUT2D eigenvalue weighted by molar-refractivity contribution is 7.13. The number of aromatic nitrogens is 1. The van der Waals surface area contributed by atoms with Crippen molar-refractivity contribution in [2.24, 2.45) is 5.92 Å². The minimum absolute atomic E-state index is 0.173. The van der Waals surface area contributed by atoms with E-state index in [4.69, 9.17) is 10.8 Å². The first-order chi connectivity index (χ1) is 7.99. The Balaban J connectivity index is 2.24. The van der Waals surface area contributed by atoms with Gasteiger partial charge in [0.25, 0.3) is 0 Å². The highest BCUT2D eigenvalue weighted by Crippen LogP contribution is 2.11. The van der Waals surface area contributed by atoms with E-state index in [0.29, 0.717) is 23.8 Å². The number of nitrogens with zero attached hydrogens (tertiary/aromatic N) is 1. The predicted molar refractivity (Wildman–Crippen MR) is 64.7 cm³/mol. The monoisotopic (exact) mass is 257 g/mol. The summed E-state index contributed by atoms with van der Waals surface area (Å²) in [6.07, 6.45) is 0.593. The molecule has 6 nitrogen and oxygen atoms in total. The molecule has 0 aromatic carbocycles. The van der Waals surface area contributed by atoms with Gasteiger partial charge in [0.1, 0.15) is 0 Å². The minimum Gasteiger partial charge on any atom is -0.481 e. The number of aliphatic carboxylic acids is 1. The molecule has 0 spiro atoms. The molecule has 0 radical (unpaired) electrons. The topological polar surface area (TPSA) is 105 Å². The highest BCUT2D eigenvalue weighted by atomic mass is 32.1. The Bertz CT molecular complexity index is 405. The van der Waals surface area contributed by atoms with Crippen molar-refractivity contribution in [3.05, 3.63) is 11.1 Å². The van der Waals surface area contributed by atoms with E-state index in [1.807, 2.05) is 0 Å². The van der Waals surface area contributed by atoms with Gasteiger partial charge in [0.05, 0.1) is 18.0 Å². The number of carboxylic acids is 1. The van der Waals surface area contributed by atoms with Gasteiger partial charge in [0.2, 0.25) is 5.91 Å². The second kappa shape index (κ2) is 6.19. The number of anilines is 1. The Morgan fingerprint density at radius 3 is 2.88 bits per heavy atom. The normalized spacial score (nSPS) is 12.1. The van der Waals surface area contributed by atoms with Crippen LogP contribution in [-0.2, 0) is 16.0 Å². The van der Waals surface area contributed by atoms with Gasteiger partial charge in [0, 0.05) is 11.9 Å². The zero-order chi connectivity index (χ0) is 12.8. The molecule has 4 N–H and O–H groups in total. The molecule has 1 aromatic heterocycles. The predicted octanol–water partition coefficient (Wildman–Crippen LogP) is 0.495. The molecular formula is C10H15N3O3S. The van der Waals surface area contributed by atoms with E-state index in [2.05, 4.69) is 10.3 Å². The number of rotatable bonds is 6. The minimum atomic E-state index is -0.855. The lowest BCUT2D eigenvalue weighted by molar-refractivity contribution is -0.141. The number of amides is 1. The van der Waals surface area contributed by atoms with Gasteiger partial charge in [-0.2, -0.15) is 0 Å². The number of carbonyl (C=O) groups is 2. The molecule has 1 atom stereocenters. The molecule has 0 saturated carbocycles. The van der Waals surface area contributed by atoms with E-state index < -0.39 is 11.9 Å². The average molecular weight is 257 g/mol. The fourth-order valence-electron chi connectivity index (χ4n) is 1.18. The van der Waals surface area contributed by atoms with Crippen LogP contribution in [0.1, 0.15) is 19.0 Å². The number of nitrogen functional groups attached to an aromatic ring is 1. The van der Waals surface area contributed by atoms with E-state index >= 15 is 0 Å². The van der Waals surface area contributed by atoms with Crippen LogP contribution < -0.4 is 11.1 Å². The first kappa shape index (κ1) is 13.4. The fourth-order valence-corrected chi connectivity index (χ4v) is 1.75. The van der Waals surface area contributed by atoms with Crippen molar-refractivity contribution >= 4 is 28.3 Å². The molecule has 0 fully saturated rings. The molecule has 0 aliphatic heterocycles. The number of carboxylic acid groups (broad SMARTS) is 1. The zero-order valence-electron chi connectivity index (χ0n) is 9.47. The lowest BCUT2D eigenvalue weighted by atomic mass is 10.1. The number of nitrogens with one attached hydrogen (secondary N) is 1. The number of nitrogens with two attached hydrogens (primary N) is 1. The molecule has 0 bridgehead atoms. The summed E-state index contributed by atoms with van der Waals surface area (Å²) in [7, 11) is 0. The van der Waals surface area contributed by atoms with Crippen LogP contribution in [0, 0.1) is 5.92 Å². The third kappa shape index (κ3) is 4.81. The average Bonchev–Trinajstić information content (AvgIpc) is 2.63.